The maximum absolute atomic E-state index is 11.8. The predicted octanol–water partition coefficient (Wildman–Crippen LogP) is 3.58. The number of hydrogen-bond donors (Lipinski definition) is 2. The van der Waals surface area contributed by atoms with Crippen molar-refractivity contribution in [1.82, 2.24) is 0 Å². The van der Waals surface area contributed by atoms with Gasteiger partial charge in [-0.1, -0.05) is 84.0 Å². The summed E-state index contributed by atoms with van der Waals surface area (Å²) in [6.45, 7) is 1.63. The predicted molar refractivity (Wildman–Crippen MR) is 138 cm³/mol. The lowest BCUT2D eigenvalue weighted by Crippen LogP contribution is -2.37. The average Bonchev–Trinajstić information content (AvgIpc) is 2.79. The van der Waals surface area contributed by atoms with Gasteiger partial charge in [0.15, 0.2) is 0 Å². The summed E-state index contributed by atoms with van der Waals surface area (Å²) in [5.74, 6) is -0.372. The SMILES string of the molecule is CCCCCCCCCCCCCCCC(=O)OCC(O)COP(=O)(O)OCC[N+](C)(C)C.O=C[O-]. The van der Waals surface area contributed by atoms with Gasteiger partial charge in [-0.15, -0.1) is 0 Å². The number of hydrogen-bond acceptors (Lipinski definition) is 8. The summed E-state index contributed by atoms with van der Waals surface area (Å²) in [4.78, 5) is 29.6. The summed E-state index contributed by atoms with van der Waals surface area (Å²) in [6, 6.07) is 0. The van der Waals surface area contributed by atoms with Gasteiger partial charge in [0.05, 0.1) is 27.7 Å². The highest BCUT2D eigenvalue weighted by molar-refractivity contribution is 7.47. The van der Waals surface area contributed by atoms with Crippen LogP contribution in [-0.2, 0) is 27.9 Å². The molecule has 0 aromatic heterocycles. The van der Waals surface area contributed by atoms with E-state index < -0.39 is 27.0 Å². The Balaban J connectivity index is 0. The monoisotopic (exact) mass is 541 g/mol. The molecule has 0 radical (unpaired) electrons. The first-order valence-corrected chi connectivity index (χ1v) is 14.8. The lowest BCUT2D eigenvalue weighted by molar-refractivity contribution is -0.870. The number of carbonyl (C=O) groups excluding carboxylic acids is 2. The van der Waals surface area contributed by atoms with Crippen molar-refractivity contribution in [1.29, 1.82) is 0 Å². The maximum Gasteiger partial charge on any atom is 0.472 e. The third-order valence-corrected chi connectivity index (χ3v) is 6.35. The fraction of sp³-hybridized carbons (Fsp3) is 0.920. The van der Waals surface area contributed by atoms with Crippen molar-refractivity contribution in [2.24, 2.45) is 0 Å². The number of unbranched alkanes of at least 4 members (excludes halogenated alkanes) is 12. The van der Waals surface area contributed by atoms with E-state index >= 15 is 0 Å². The second-order valence-corrected chi connectivity index (χ2v) is 11.5. The maximum atomic E-state index is 11.8. The molecule has 36 heavy (non-hydrogen) atoms. The Bertz CT molecular complexity index is 570. The largest absolute Gasteiger partial charge is 0.554 e. The van der Waals surface area contributed by atoms with Crippen LogP contribution in [0.1, 0.15) is 96.8 Å². The average molecular weight is 542 g/mol. The normalized spacial score (nSPS) is 13.8. The van der Waals surface area contributed by atoms with Gasteiger partial charge in [0.2, 0.25) is 0 Å². The van der Waals surface area contributed by atoms with Crippen LogP contribution in [0.15, 0.2) is 0 Å². The van der Waals surface area contributed by atoms with Crippen molar-refractivity contribution < 1.29 is 47.5 Å². The molecule has 216 valence electrons. The summed E-state index contributed by atoms with van der Waals surface area (Å²) in [5, 5.41) is 18.1. The Hall–Kier alpha value is -1.03. The third kappa shape index (κ3) is 31.0. The van der Waals surface area contributed by atoms with Crippen LogP contribution in [0, 0.1) is 0 Å². The van der Waals surface area contributed by atoms with Crippen LogP contribution in [0.2, 0.25) is 0 Å². The first-order chi connectivity index (χ1) is 17.0. The summed E-state index contributed by atoms with van der Waals surface area (Å²) in [5.41, 5.74) is 0. The highest BCUT2D eigenvalue weighted by atomic mass is 31.2. The van der Waals surface area contributed by atoms with Gasteiger partial charge in [0.25, 0.3) is 0 Å². The molecule has 0 aromatic rings. The lowest BCUT2D eigenvalue weighted by Gasteiger charge is -2.24. The van der Waals surface area contributed by atoms with Crippen LogP contribution in [0.4, 0.5) is 0 Å². The fourth-order valence-electron chi connectivity index (χ4n) is 3.24. The molecular weight excluding hydrogens is 489 g/mol. The smallest absolute Gasteiger partial charge is 0.472 e. The molecule has 0 aliphatic carbocycles. The zero-order valence-electron chi connectivity index (χ0n) is 23.0. The number of phosphoric ester groups is 1. The molecule has 0 rings (SSSR count). The molecule has 0 fully saturated rings. The molecule has 0 spiro atoms. The van der Waals surface area contributed by atoms with E-state index in [1.165, 1.54) is 64.2 Å². The number of nitrogens with zero attached hydrogens (tertiary/aromatic N) is 1. The number of rotatable bonds is 23. The summed E-state index contributed by atoms with van der Waals surface area (Å²) in [6.07, 6.45) is 15.3. The molecule has 2 N–H and O–H groups in total. The molecule has 0 saturated heterocycles. The van der Waals surface area contributed by atoms with Gasteiger partial charge in [-0.3, -0.25) is 13.8 Å². The van der Waals surface area contributed by atoms with Crippen LogP contribution in [0.5, 0.6) is 0 Å². The van der Waals surface area contributed by atoms with Gasteiger partial charge >= 0.3 is 13.8 Å². The number of aliphatic hydroxyl groups is 1. The molecule has 0 bridgehead atoms. The fourth-order valence-corrected chi connectivity index (χ4v) is 3.99. The molecule has 11 heteroatoms. The van der Waals surface area contributed by atoms with Crippen LogP contribution in [-0.4, -0.2) is 80.5 Å². The van der Waals surface area contributed by atoms with Gasteiger partial charge in [0.1, 0.15) is 25.9 Å². The van der Waals surface area contributed by atoms with Gasteiger partial charge in [-0.2, -0.15) is 0 Å². The molecule has 0 aliphatic heterocycles. The first-order valence-electron chi connectivity index (χ1n) is 13.3. The van der Waals surface area contributed by atoms with E-state index in [2.05, 4.69) is 6.92 Å². The lowest BCUT2D eigenvalue weighted by atomic mass is 10.0. The summed E-state index contributed by atoms with van der Waals surface area (Å²) < 4.78 is 27.0. The second kappa shape index (κ2) is 24.3. The Morgan fingerprint density at radius 1 is 0.889 bits per heavy atom. The molecule has 0 aromatic carbocycles. The quantitative estimate of drug-likeness (QED) is 0.0652. The van der Waals surface area contributed by atoms with Gasteiger partial charge in [0, 0.05) is 12.9 Å². The van der Waals surface area contributed by atoms with Crippen molar-refractivity contribution >= 4 is 20.3 Å². The molecule has 10 nitrogen and oxygen atoms in total. The number of carbonyl (C=O) groups is 2. The summed E-state index contributed by atoms with van der Waals surface area (Å²) >= 11 is 0. The van der Waals surface area contributed by atoms with E-state index in [4.69, 9.17) is 23.7 Å². The van der Waals surface area contributed by atoms with Crippen LogP contribution in [0.3, 0.4) is 0 Å². The number of likely N-dealkylation sites (N-methyl/N-ethyl adjacent to an activating group) is 1. The Labute approximate surface area is 218 Å². The standard InChI is InChI=1S/C24H50NO7P.CH2O2/c1-5-6-7-8-9-10-11-12-13-14-15-16-17-18-24(27)30-21-23(26)22-32-33(28,29)31-20-19-25(2,3)4;2-1-3/h23,26H,5-22H2,1-4H3;1H,(H,2,3). The minimum absolute atomic E-state index is 0.0570. The number of esters is 1. The van der Waals surface area contributed by atoms with Crippen molar-refractivity contribution in [3.8, 4) is 0 Å². The van der Waals surface area contributed by atoms with Gasteiger partial charge in [-0.05, 0) is 6.42 Å². The number of ether oxygens (including phenoxy) is 1. The molecule has 2 unspecified atom stereocenters. The Morgan fingerprint density at radius 2 is 1.33 bits per heavy atom. The third-order valence-electron chi connectivity index (χ3n) is 5.37. The minimum Gasteiger partial charge on any atom is -0.554 e. The zero-order valence-corrected chi connectivity index (χ0v) is 23.9. The summed E-state index contributed by atoms with van der Waals surface area (Å²) in [7, 11) is 1.57. The van der Waals surface area contributed by atoms with Gasteiger partial charge < -0.3 is 29.1 Å². The number of aliphatic hydroxyl groups excluding tert-OH is 1. The van der Waals surface area contributed by atoms with E-state index in [1.54, 1.807) is 0 Å². The van der Waals surface area contributed by atoms with Crippen molar-refractivity contribution in [2.45, 2.75) is 103 Å². The highest BCUT2D eigenvalue weighted by Crippen LogP contribution is 2.43. The highest BCUT2D eigenvalue weighted by Gasteiger charge is 2.24. The van der Waals surface area contributed by atoms with Crippen molar-refractivity contribution in [3.05, 3.63) is 0 Å². The first kappa shape index (κ1) is 37.1. The molecule has 0 saturated carbocycles. The van der Waals surface area contributed by atoms with E-state index in [1.807, 2.05) is 21.1 Å². The molecule has 0 aliphatic rings. The van der Waals surface area contributed by atoms with Crippen molar-refractivity contribution in [2.75, 3.05) is 47.5 Å². The topological polar surface area (TPSA) is 142 Å². The van der Waals surface area contributed by atoms with E-state index in [0.29, 0.717) is 17.4 Å². The van der Waals surface area contributed by atoms with Crippen LogP contribution < -0.4 is 5.11 Å². The Kier molecular flexibility index (Phi) is 25.1. The number of quaternary nitrogens is 1. The van der Waals surface area contributed by atoms with E-state index in [-0.39, 0.29) is 19.2 Å². The van der Waals surface area contributed by atoms with E-state index in [0.717, 1.165) is 19.3 Å². The van der Waals surface area contributed by atoms with Crippen LogP contribution in [0.25, 0.3) is 0 Å². The molecule has 0 amide bonds. The number of carboxylic acid groups (broad SMARTS) is 1. The van der Waals surface area contributed by atoms with E-state index in [9.17, 15) is 19.4 Å². The molecule has 0 heterocycles. The molecule has 2 atom stereocenters. The van der Waals surface area contributed by atoms with Crippen molar-refractivity contribution in [3.63, 3.8) is 0 Å². The van der Waals surface area contributed by atoms with Crippen LogP contribution >= 0.6 is 7.82 Å². The van der Waals surface area contributed by atoms with Gasteiger partial charge in [-0.25, -0.2) is 4.57 Å². The number of phosphoric acid groups is 1. The molecular formula is C25H52NO9P. The zero-order chi connectivity index (χ0) is 27.7. The second-order valence-electron chi connectivity index (χ2n) is 10.0. The minimum atomic E-state index is -4.23. The Morgan fingerprint density at radius 3 is 1.78 bits per heavy atom.